The highest BCUT2D eigenvalue weighted by molar-refractivity contribution is 6.09. The van der Waals surface area contributed by atoms with Gasteiger partial charge in [0, 0.05) is 28.7 Å². The van der Waals surface area contributed by atoms with Gasteiger partial charge in [-0.2, -0.15) is 0 Å². The predicted molar refractivity (Wildman–Crippen MR) is 84.2 cm³/mol. The van der Waals surface area contributed by atoms with Gasteiger partial charge in [-0.1, -0.05) is 6.07 Å². The lowest BCUT2D eigenvalue weighted by atomic mass is 9.99. The molecule has 3 nitrogen and oxygen atoms in total. The lowest BCUT2D eigenvalue weighted by Crippen LogP contribution is -1.91. The largest absolute Gasteiger partial charge is 0.462 e. The first-order valence-electron chi connectivity index (χ1n) is 6.92. The zero-order valence-corrected chi connectivity index (χ0v) is 11.9. The van der Waals surface area contributed by atoms with Crippen molar-refractivity contribution in [1.82, 2.24) is 9.97 Å². The van der Waals surface area contributed by atoms with Crippen LogP contribution in [0.5, 0.6) is 0 Å². The fourth-order valence-corrected chi connectivity index (χ4v) is 2.78. The Hall–Kier alpha value is -2.68. The van der Waals surface area contributed by atoms with Crippen LogP contribution in [-0.4, -0.2) is 9.97 Å². The molecule has 0 aliphatic carbocycles. The molecule has 0 spiro atoms. The van der Waals surface area contributed by atoms with E-state index in [9.17, 15) is 0 Å². The summed E-state index contributed by atoms with van der Waals surface area (Å²) in [7, 11) is 0. The van der Waals surface area contributed by atoms with Crippen LogP contribution in [0.3, 0.4) is 0 Å². The van der Waals surface area contributed by atoms with E-state index in [1.807, 2.05) is 31.5 Å². The summed E-state index contributed by atoms with van der Waals surface area (Å²) in [5, 5.41) is 2.14. The SMILES string of the molecule is Cc1cnc2c(c1)c(-c1ncccc1C)cc1ccoc12. The molecular formula is C18H14N2O. The van der Waals surface area contributed by atoms with Gasteiger partial charge in [0.1, 0.15) is 5.52 Å². The van der Waals surface area contributed by atoms with Gasteiger partial charge in [-0.05, 0) is 49.2 Å². The fraction of sp³-hybridized carbons (Fsp3) is 0.111. The molecule has 3 heteroatoms. The summed E-state index contributed by atoms with van der Waals surface area (Å²) in [5.74, 6) is 0. The predicted octanol–water partition coefficient (Wildman–Crippen LogP) is 4.66. The molecule has 0 saturated carbocycles. The normalized spacial score (nSPS) is 11.3. The summed E-state index contributed by atoms with van der Waals surface area (Å²) in [6, 6.07) is 10.3. The Bertz CT molecular complexity index is 969. The highest BCUT2D eigenvalue weighted by Gasteiger charge is 2.14. The summed E-state index contributed by atoms with van der Waals surface area (Å²) >= 11 is 0. The molecule has 21 heavy (non-hydrogen) atoms. The third kappa shape index (κ3) is 1.82. The summed E-state index contributed by atoms with van der Waals surface area (Å²) in [6.45, 7) is 4.13. The van der Waals surface area contributed by atoms with E-state index < -0.39 is 0 Å². The lowest BCUT2D eigenvalue weighted by molar-refractivity contribution is 0.618. The Balaban J connectivity index is 2.20. The molecule has 4 aromatic rings. The second-order valence-corrected chi connectivity index (χ2v) is 5.34. The van der Waals surface area contributed by atoms with Crippen molar-refractivity contribution in [2.75, 3.05) is 0 Å². The average molecular weight is 274 g/mol. The van der Waals surface area contributed by atoms with Crippen LogP contribution in [0.15, 0.2) is 53.4 Å². The van der Waals surface area contributed by atoms with Crippen LogP contribution in [0.2, 0.25) is 0 Å². The third-order valence-corrected chi connectivity index (χ3v) is 3.79. The van der Waals surface area contributed by atoms with Crippen molar-refractivity contribution >= 4 is 21.9 Å². The molecule has 4 rings (SSSR count). The Labute approximate surface area is 122 Å². The molecule has 0 amide bonds. The minimum Gasteiger partial charge on any atom is -0.462 e. The summed E-state index contributed by atoms with van der Waals surface area (Å²) < 4.78 is 5.61. The first kappa shape index (κ1) is 12.1. The van der Waals surface area contributed by atoms with E-state index in [-0.39, 0.29) is 0 Å². The number of pyridine rings is 2. The van der Waals surface area contributed by atoms with Crippen LogP contribution in [0.1, 0.15) is 11.1 Å². The molecule has 3 heterocycles. The number of hydrogen-bond donors (Lipinski definition) is 0. The van der Waals surface area contributed by atoms with Gasteiger partial charge in [-0.25, -0.2) is 0 Å². The van der Waals surface area contributed by atoms with Crippen molar-refractivity contribution in [3.63, 3.8) is 0 Å². The molecule has 0 bridgehead atoms. The van der Waals surface area contributed by atoms with Crippen molar-refractivity contribution in [1.29, 1.82) is 0 Å². The maximum atomic E-state index is 5.61. The van der Waals surface area contributed by atoms with Gasteiger partial charge in [-0.15, -0.1) is 0 Å². The fourth-order valence-electron chi connectivity index (χ4n) is 2.78. The molecule has 0 aliphatic heterocycles. The zero-order valence-electron chi connectivity index (χ0n) is 11.9. The van der Waals surface area contributed by atoms with E-state index in [4.69, 9.17) is 4.42 Å². The van der Waals surface area contributed by atoms with Crippen molar-refractivity contribution in [3.8, 4) is 11.3 Å². The van der Waals surface area contributed by atoms with E-state index in [0.29, 0.717) is 0 Å². The number of benzene rings is 1. The Kier molecular flexibility index (Phi) is 2.54. The minimum atomic E-state index is 0.835. The van der Waals surface area contributed by atoms with Crippen molar-refractivity contribution in [2.45, 2.75) is 13.8 Å². The number of fused-ring (bicyclic) bond motifs is 3. The van der Waals surface area contributed by atoms with Crippen LogP contribution >= 0.6 is 0 Å². The Morgan fingerprint density at radius 3 is 2.81 bits per heavy atom. The quantitative estimate of drug-likeness (QED) is 0.506. The van der Waals surface area contributed by atoms with Crippen molar-refractivity contribution in [2.24, 2.45) is 0 Å². The Morgan fingerprint density at radius 2 is 1.95 bits per heavy atom. The molecular weight excluding hydrogens is 260 g/mol. The number of nitrogens with zero attached hydrogens (tertiary/aromatic N) is 2. The number of aryl methyl sites for hydroxylation is 2. The zero-order chi connectivity index (χ0) is 14.4. The number of rotatable bonds is 1. The van der Waals surface area contributed by atoms with Crippen LogP contribution in [0.4, 0.5) is 0 Å². The smallest absolute Gasteiger partial charge is 0.160 e. The topological polar surface area (TPSA) is 38.9 Å². The molecule has 0 aliphatic rings. The minimum absolute atomic E-state index is 0.835. The first-order chi connectivity index (χ1) is 10.2. The maximum Gasteiger partial charge on any atom is 0.160 e. The average Bonchev–Trinajstić information content (AvgIpc) is 2.95. The molecule has 0 saturated heterocycles. The second-order valence-electron chi connectivity index (χ2n) is 5.34. The molecule has 0 atom stereocenters. The summed E-state index contributed by atoms with van der Waals surface area (Å²) in [5.41, 5.74) is 6.11. The maximum absolute atomic E-state index is 5.61. The molecule has 0 radical (unpaired) electrons. The van der Waals surface area contributed by atoms with Crippen LogP contribution < -0.4 is 0 Å². The molecule has 3 aromatic heterocycles. The van der Waals surface area contributed by atoms with Crippen LogP contribution in [0, 0.1) is 13.8 Å². The van der Waals surface area contributed by atoms with Gasteiger partial charge < -0.3 is 4.42 Å². The monoisotopic (exact) mass is 274 g/mol. The molecule has 102 valence electrons. The first-order valence-corrected chi connectivity index (χ1v) is 6.92. The van der Waals surface area contributed by atoms with E-state index >= 15 is 0 Å². The lowest BCUT2D eigenvalue weighted by Gasteiger charge is -2.09. The third-order valence-electron chi connectivity index (χ3n) is 3.79. The highest BCUT2D eigenvalue weighted by Crippen LogP contribution is 2.35. The molecule has 0 N–H and O–H groups in total. The van der Waals surface area contributed by atoms with Crippen LogP contribution in [-0.2, 0) is 0 Å². The highest BCUT2D eigenvalue weighted by atomic mass is 16.3. The Morgan fingerprint density at radius 1 is 1.05 bits per heavy atom. The number of furan rings is 1. The van der Waals surface area contributed by atoms with Gasteiger partial charge in [-0.3, -0.25) is 9.97 Å². The van der Waals surface area contributed by atoms with Crippen molar-refractivity contribution < 1.29 is 4.42 Å². The van der Waals surface area contributed by atoms with E-state index in [1.165, 1.54) is 0 Å². The van der Waals surface area contributed by atoms with Gasteiger partial charge in [0.2, 0.25) is 0 Å². The van der Waals surface area contributed by atoms with Gasteiger partial charge >= 0.3 is 0 Å². The molecule has 0 fully saturated rings. The van der Waals surface area contributed by atoms with E-state index in [1.54, 1.807) is 6.26 Å². The van der Waals surface area contributed by atoms with Crippen molar-refractivity contribution in [3.05, 3.63) is 60.1 Å². The van der Waals surface area contributed by atoms with Gasteiger partial charge in [0.05, 0.1) is 12.0 Å². The second kappa shape index (κ2) is 4.42. The summed E-state index contributed by atoms with van der Waals surface area (Å²) in [6.07, 6.45) is 5.41. The molecule has 0 unspecified atom stereocenters. The van der Waals surface area contributed by atoms with Crippen LogP contribution in [0.25, 0.3) is 33.1 Å². The van der Waals surface area contributed by atoms with E-state index in [0.717, 1.165) is 44.3 Å². The molecule has 1 aromatic carbocycles. The number of hydrogen-bond acceptors (Lipinski definition) is 3. The number of aromatic nitrogens is 2. The summed E-state index contributed by atoms with van der Waals surface area (Å²) in [4.78, 5) is 9.14. The van der Waals surface area contributed by atoms with E-state index in [2.05, 4.69) is 35.1 Å². The van der Waals surface area contributed by atoms with Gasteiger partial charge in [0.15, 0.2) is 5.58 Å². The van der Waals surface area contributed by atoms with Gasteiger partial charge in [0.25, 0.3) is 0 Å². The standard InChI is InChI=1S/C18H14N2O/c1-11-8-14-15(16-12(2)4-3-6-19-16)9-13-5-7-21-18(13)17(14)20-10-11/h3-10H,1-2H3.